The van der Waals surface area contributed by atoms with Crippen molar-refractivity contribution >= 4 is 0 Å². The van der Waals surface area contributed by atoms with Crippen LogP contribution in [0.5, 0.6) is 0 Å². The number of hydrogen-bond donors (Lipinski definition) is 1. The summed E-state index contributed by atoms with van der Waals surface area (Å²) < 4.78 is 40.3. The summed E-state index contributed by atoms with van der Waals surface area (Å²) in [6.45, 7) is 4.39. The lowest BCUT2D eigenvalue weighted by Crippen LogP contribution is -2.37. The molecular formula is C27H28F3NO. The molecular weight excluding hydrogens is 411 g/mol. The maximum absolute atomic E-state index is 13.4. The molecule has 0 aliphatic carbocycles. The normalized spacial score (nSPS) is 12.8. The molecule has 0 saturated heterocycles. The first-order valence-electron chi connectivity index (χ1n) is 10.7. The van der Waals surface area contributed by atoms with E-state index in [1.54, 1.807) is 0 Å². The minimum absolute atomic E-state index is 0.0103. The number of rotatable bonds is 9. The smallest absolute Gasteiger partial charge is 0.396 e. The molecule has 32 heavy (non-hydrogen) atoms. The average Bonchev–Trinajstić information content (AvgIpc) is 2.78. The fourth-order valence-corrected chi connectivity index (χ4v) is 3.99. The van der Waals surface area contributed by atoms with Gasteiger partial charge in [-0.2, -0.15) is 13.2 Å². The molecule has 3 aromatic carbocycles. The fourth-order valence-electron chi connectivity index (χ4n) is 3.99. The zero-order valence-corrected chi connectivity index (χ0v) is 18.4. The molecule has 0 fully saturated rings. The highest BCUT2D eigenvalue weighted by Gasteiger charge is 2.33. The van der Waals surface area contributed by atoms with Gasteiger partial charge in [0.1, 0.15) is 0 Å². The van der Waals surface area contributed by atoms with E-state index in [1.807, 2.05) is 43.3 Å². The Morgan fingerprint density at radius 1 is 0.969 bits per heavy atom. The number of aliphatic hydroxyl groups excluding tert-OH is 1. The summed E-state index contributed by atoms with van der Waals surface area (Å²) in [6.07, 6.45) is -3.90. The van der Waals surface area contributed by atoms with E-state index in [4.69, 9.17) is 0 Å². The average molecular weight is 440 g/mol. The first-order chi connectivity index (χ1) is 15.3. The minimum Gasteiger partial charge on any atom is -0.396 e. The molecule has 3 rings (SSSR count). The first kappa shape index (κ1) is 23.8. The number of benzene rings is 2. The Hall–Kier alpha value is -2.81. The molecule has 0 saturated carbocycles. The topological polar surface area (TPSA) is 23.5 Å². The molecule has 0 aliphatic rings. The molecule has 1 atom stereocenters. The molecule has 0 heterocycles. The molecule has 0 aliphatic heterocycles. The second kappa shape index (κ2) is 10.7. The van der Waals surface area contributed by atoms with Gasteiger partial charge in [0, 0.05) is 43.3 Å². The van der Waals surface area contributed by atoms with E-state index < -0.39 is 11.7 Å². The van der Waals surface area contributed by atoms with Gasteiger partial charge < -0.3 is 5.11 Å². The standard InChI is InChI=1S/C27H28F3NO/c1-20(16-17-32)31(18-24-14-9-15-26(21(24)2)27(28,29)30)19-25(22-10-5-3-6-11-22)23-12-7-4-8-13-23/h3-8,10-13,15,20,25,32H,16-19H2,1-2H3/t20-/m1/s1. The Labute approximate surface area is 188 Å². The largest absolute Gasteiger partial charge is 0.417 e. The van der Waals surface area contributed by atoms with Crippen molar-refractivity contribution in [3.8, 4) is 0 Å². The second-order valence-electron chi connectivity index (χ2n) is 8.09. The van der Waals surface area contributed by atoms with Crippen LogP contribution >= 0.6 is 0 Å². The van der Waals surface area contributed by atoms with E-state index in [0.29, 0.717) is 25.1 Å². The van der Waals surface area contributed by atoms with Crippen molar-refractivity contribution in [3.63, 3.8) is 0 Å². The first-order valence-corrected chi connectivity index (χ1v) is 10.7. The molecule has 0 aromatic heterocycles. The third-order valence-corrected chi connectivity index (χ3v) is 5.95. The minimum atomic E-state index is -4.43. The van der Waals surface area contributed by atoms with Gasteiger partial charge in [-0.1, -0.05) is 72.8 Å². The fraction of sp³-hybridized carbons (Fsp3) is 0.333. The Morgan fingerprint density at radius 3 is 2.03 bits per heavy atom. The summed E-state index contributed by atoms with van der Waals surface area (Å²) in [6, 6.07) is 26.6. The monoisotopic (exact) mass is 439 g/mol. The molecule has 0 bridgehead atoms. The molecule has 3 aromatic rings. The van der Waals surface area contributed by atoms with Crippen LogP contribution in [-0.4, -0.2) is 29.2 Å². The van der Waals surface area contributed by atoms with E-state index in [0.717, 1.165) is 17.2 Å². The Kier molecular flexibility index (Phi) is 7.95. The van der Waals surface area contributed by atoms with E-state index in [1.165, 1.54) is 6.92 Å². The van der Waals surface area contributed by atoms with Gasteiger partial charge in [0.15, 0.2) is 0 Å². The lowest BCUT2D eigenvalue weighted by molar-refractivity contribution is -0.138. The number of halogens is 3. The number of nitrogens with zero attached hydrogens (tertiary/aromatic N) is 1. The molecule has 0 unspecified atom stereocenters. The molecule has 168 valence electrons. The Morgan fingerprint density at radius 2 is 1.53 bits per heavy atom. The van der Waals surface area contributed by atoms with Crippen LogP contribution in [-0.2, 0) is 12.7 Å². The van der Waals surface area contributed by atoms with Gasteiger partial charge in [0.05, 0.1) is 5.56 Å². The summed E-state index contributed by atoms with van der Waals surface area (Å²) >= 11 is 0. The molecule has 0 radical (unpaired) electrons. The van der Waals surface area contributed by atoms with Gasteiger partial charge in [0.25, 0.3) is 0 Å². The lowest BCUT2D eigenvalue weighted by Gasteiger charge is -2.33. The van der Waals surface area contributed by atoms with Crippen LogP contribution in [0.4, 0.5) is 13.2 Å². The number of alkyl halides is 3. The summed E-state index contributed by atoms with van der Waals surface area (Å²) in [4.78, 5) is 2.13. The van der Waals surface area contributed by atoms with Crippen molar-refractivity contribution in [2.75, 3.05) is 13.2 Å². The van der Waals surface area contributed by atoms with Crippen LogP contribution in [0, 0.1) is 19.1 Å². The molecule has 0 amide bonds. The SMILES string of the molecule is Cc1c(CN(CC(c2ccccc2)c2ccccc2)[C@H](C)CCO)c#ccc1C(F)(F)F. The van der Waals surface area contributed by atoms with Crippen LogP contribution in [0.25, 0.3) is 0 Å². The van der Waals surface area contributed by atoms with Crippen LogP contribution < -0.4 is 0 Å². The van der Waals surface area contributed by atoms with E-state index >= 15 is 0 Å². The van der Waals surface area contributed by atoms with E-state index in [-0.39, 0.29) is 24.1 Å². The molecule has 2 nitrogen and oxygen atoms in total. The van der Waals surface area contributed by atoms with Crippen molar-refractivity contribution in [2.24, 2.45) is 0 Å². The van der Waals surface area contributed by atoms with Gasteiger partial charge in [0.2, 0.25) is 0 Å². The number of hydrogen-bond acceptors (Lipinski definition) is 2. The van der Waals surface area contributed by atoms with Crippen LogP contribution in [0.2, 0.25) is 0 Å². The highest BCUT2D eigenvalue weighted by molar-refractivity contribution is 5.34. The summed E-state index contributed by atoms with van der Waals surface area (Å²) in [5, 5.41) is 9.54. The van der Waals surface area contributed by atoms with Crippen molar-refractivity contribution < 1.29 is 18.3 Å². The zero-order valence-electron chi connectivity index (χ0n) is 18.4. The Balaban J connectivity index is 1.97. The van der Waals surface area contributed by atoms with Gasteiger partial charge in [-0.05, 0) is 37.0 Å². The van der Waals surface area contributed by atoms with Gasteiger partial charge in [-0.3, -0.25) is 4.90 Å². The van der Waals surface area contributed by atoms with Gasteiger partial charge in [-0.15, -0.1) is 0 Å². The maximum atomic E-state index is 13.4. The summed E-state index contributed by atoms with van der Waals surface area (Å²) in [7, 11) is 0. The Bertz CT molecular complexity index is 934. The van der Waals surface area contributed by atoms with Crippen molar-refractivity contribution in [1.29, 1.82) is 0 Å². The zero-order chi connectivity index (χ0) is 23.1. The van der Waals surface area contributed by atoms with Crippen molar-refractivity contribution in [1.82, 2.24) is 4.90 Å². The third kappa shape index (κ3) is 5.91. The predicted octanol–water partition coefficient (Wildman–Crippen LogP) is 6.02. The molecule has 0 spiro atoms. The van der Waals surface area contributed by atoms with Crippen LogP contribution in [0.3, 0.4) is 0 Å². The molecule has 1 N–H and O–H groups in total. The van der Waals surface area contributed by atoms with Crippen molar-refractivity contribution in [2.45, 2.75) is 44.9 Å². The van der Waals surface area contributed by atoms with E-state index in [9.17, 15) is 18.3 Å². The lowest BCUT2D eigenvalue weighted by atomic mass is 9.90. The van der Waals surface area contributed by atoms with Crippen LogP contribution in [0.15, 0.2) is 66.7 Å². The van der Waals surface area contributed by atoms with Gasteiger partial charge >= 0.3 is 6.18 Å². The maximum Gasteiger partial charge on any atom is 0.417 e. The quantitative estimate of drug-likeness (QED) is 0.441. The van der Waals surface area contributed by atoms with Crippen molar-refractivity contribution in [3.05, 3.63) is 107 Å². The second-order valence-corrected chi connectivity index (χ2v) is 8.09. The summed E-state index contributed by atoms with van der Waals surface area (Å²) in [5.74, 6) is 0.0358. The third-order valence-electron chi connectivity index (χ3n) is 5.95. The van der Waals surface area contributed by atoms with E-state index in [2.05, 4.69) is 41.3 Å². The van der Waals surface area contributed by atoms with Crippen LogP contribution in [0.1, 0.15) is 47.1 Å². The predicted molar refractivity (Wildman–Crippen MR) is 120 cm³/mol. The molecule has 5 heteroatoms. The number of aliphatic hydroxyl groups is 1. The highest BCUT2D eigenvalue weighted by Crippen LogP contribution is 2.33. The summed E-state index contributed by atoms with van der Waals surface area (Å²) in [5.41, 5.74) is 2.24. The van der Waals surface area contributed by atoms with Gasteiger partial charge in [-0.25, -0.2) is 0 Å². The highest BCUT2D eigenvalue weighted by atomic mass is 19.4.